The molecule has 0 radical (unpaired) electrons. The van der Waals surface area contributed by atoms with Gasteiger partial charge in [-0.2, -0.15) is 5.48 Å². The second-order valence-electron chi connectivity index (χ2n) is 4.50. The van der Waals surface area contributed by atoms with Gasteiger partial charge < -0.3 is 9.94 Å². The van der Waals surface area contributed by atoms with Gasteiger partial charge >= 0.3 is 11.9 Å². The smallest absolute Gasteiger partial charge is 0.328 e. The average molecular weight is 243 g/mol. The van der Waals surface area contributed by atoms with Crippen molar-refractivity contribution in [3.63, 3.8) is 0 Å². The standard InChI is InChI=1S/C12H21NO4/c1-2-3-8-13-17-12(16)10-7-5-4-6-9(10)11(14)15/h9-10,13H,2-8H2,1H3,(H,14,15). The molecule has 1 aliphatic rings. The van der Waals surface area contributed by atoms with Crippen LogP contribution in [-0.4, -0.2) is 23.6 Å². The van der Waals surface area contributed by atoms with Gasteiger partial charge in [0, 0.05) is 6.54 Å². The van der Waals surface area contributed by atoms with E-state index >= 15 is 0 Å². The van der Waals surface area contributed by atoms with Crippen LogP contribution in [0.5, 0.6) is 0 Å². The van der Waals surface area contributed by atoms with Crippen LogP contribution in [0, 0.1) is 11.8 Å². The molecule has 2 N–H and O–H groups in total. The maximum Gasteiger partial charge on any atom is 0.328 e. The Hall–Kier alpha value is -1.10. The maximum atomic E-state index is 11.7. The molecule has 2 atom stereocenters. The number of aliphatic carboxylic acids is 1. The SMILES string of the molecule is CCCCNOC(=O)C1CCCCC1C(=O)O. The van der Waals surface area contributed by atoms with E-state index in [9.17, 15) is 9.59 Å². The molecular formula is C12H21NO4. The third kappa shape index (κ3) is 4.34. The molecule has 1 saturated carbocycles. The van der Waals surface area contributed by atoms with E-state index in [1.165, 1.54) is 0 Å². The van der Waals surface area contributed by atoms with Gasteiger partial charge in [-0.25, -0.2) is 0 Å². The first-order chi connectivity index (χ1) is 8.16. The molecule has 17 heavy (non-hydrogen) atoms. The van der Waals surface area contributed by atoms with E-state index in [1.54, 1.807) is 0 Å². The molecular weight excluding hydrogens is 222 g/mol. The van der Waals surface area contributed by atoms with Crippen molar-refractivity contribution in [2.75, 3.05) is 6.54 Å². The molecule has 5 nitrogen and oxygen atoms in total. The van der Waals surface area contributed by atoms with Crippen LogP contribution in [0.15, 0.2) is 0 Å². The van der Waals surface area contributed by atoms with Crippen LogP contribution in [0.4, 0.5) is 0 Å². The predicted octanol–water partition coefficient (Wildman–Crippen LogP) is 1.73. The Morgan fingerprint density at radius 2 is 1.94 bits per heavy atom. The number of hydroxylamine groups is 1. The highest BCUT2D eigenvalue weighted by atomic mass is 16.7. The van der Waals surface area contributed by atoms with Crippen LogP contribution in [0.25, 0.3) is 0 Å². The van der Waals surface area contributed by atoms with Crippen molar-refractivity contribution >= 4 is 11.9 Å². The van der Waals surface area contributed by atoms with Gasteiger partial charge in [-0.05, 0) is 19.3 Å². The minimum atomic E-state index is -0.889. The average Bonchev–Trinajstić information content (AvgIpc) is 2.34. The van der Waals surface area contributed by atoms with Crippen molar-refractivity contribution in [3.05, 3.63) is 0 Å². The molecule has 1 rings (SSSR count). The molecule has 2 unspecified atom stereocenters. The zero-order valence-corrected chi connectivity index (χ0v) is 10.3. The van der Waals surface area contributed by atoms with Crippen molar-refractivity contribution in [2.45, 2.75) is 45.4 Å². The molecule has 0 bridgehead atoms. The topological polar surface area (TPSA) is 75.6 Å². The Morgan fingerprint density at radius 1 is 1.29 bits per heavy atom. The summed E-state index contributed by atoms with van der Waals surface area (Å²) in [6.45, 7) is 2.66. The molecule has 0 heterocycles. The molecule has 5 heteroatoms. The van der Waals surface area contributed by atoms with Gasteiger partial charge in [0.1, 0.15) is 0 Å². The Morgan fingerprint density at radius 3 is 2.53 bits per heavy atom. The van der Waals surface area contributed by atoms with Gasteiger partial charge in [0.2, 0.25) is 0 Å². The van der Waals surface area contributed by atoms with E-state index < -0.39 is 23.8 Å². The molecule has 1 aliphatic carbocycles. The first-order valence-corrected chi connectivity index (χ1v) is 6.33. The van der Waals surface area contributed by atoms with Crippen molar-refractivity contribution in [1.82, 2.24) is 5.48 Å². The lowest BCUT2D eigenvalue weighted by Crippen LogP contribution is -2.36. The highest BCUT2D eigenvalue weighted by Crippen LogP contribution is 2.30. The molecule has 0 amide bonds. The monoisotopic (exact) mass is 243 g/mol. The Labute approximate surface area is 101 Å². The van der Waals surface area contributed by atoms with Gasteiger partial charge in [-0.15, -0.1) is 0 Å². The Kier molecular flexibility index (Phi) is 5.97. The van der Waals surface area contributed by atoms with Gasteiger partial charge in [0.15, 0.2) is 0 Å². The predicted molar refractivity (Wildman–Crippen MR) is 62.1 cm³/mol. The lowest BCUT2D eigenvalue weighted by atomic mass is 9.79. The highest BCUT2D eigenvalue weighted by molar-refractivity contribution is 5.81. The van der Waals surface area contributed by atoms with E-state index in [2.05, 4.69) is 5.48 Å². The number of carboxylic acid groups (broad SMARTS) is 1. The lowest BCUT2D eigenvalue weighted by Gasteiger charge is -2.26. The van der Waals surface area contributed by atoms with E-state index in [-0.39, 0.29) is 0 Å². The van der Waals surface area contributed by atoms with Crippen molar-refractivity contribution in [2.24, 2.45) is 11.8 Å². The lowest BCUT2D eigenvalue weighted by molar-refractivity contribution is -0.165. The number of hydrogen-bond acceptors (Lipinski definition) is 4. The van der Waals surface area contributed by atoms with Crippen LogP contribution in [0.3, 0.4) is 0 Å². The van der Waals surface area contributed by atoms with Crippen LogP contribution in [-0.2, 0) is 14.4 Å². The normalized spacial score (nSPS) is 24.3. The summed E-state index contributed by atoms with van der Waals surface area (Å²) in [6, 6.07) is 0. The number of carbonyl (C=O) groups is 2. The molecule has 98 valence electrons. The zero-order chi connectivity index (χ0) is 12.7. The summed E-state index contributed by atoms with van der Waals surface area (Å²) in [7, 11) is 0. The fourth-order valence-corrected chi connectivity index (χ4v) is 2.16. The van der Waals surface area contributed by atoms with E-state index in [0.717, 1.165) is 25.7 Å². The second kappa shape index (κ2) is 7.27. The number of unbranched alkanes of at least 4 members (excludes halogenated alkanes) is 1. The summed E-state index contributed by atoms with van der Waals surface area (Å²) in [4.78, 5) is 27.7. The summed E-state index contributed by atoms with van der Waals surface area (Å²) >= 11 is 0. The van der Waals surface area contributed by atoms with Gasteiger partial charge in [-0.1, -0.05) is 26.2 Å². The minimum Gasteiger partial charge on any atom is -0.481 e. The minimum absolute atomic E-state index is 0.423. The van der Waals surface area contributed by atoms with Crippen LogP contribution < -0.4 is 5.48 Å². The quantitative estimate of drug-likeness (QED) is 0.549. The largest absolute Gasteiger partial charge is 0.481 e. The third-order valence-corrected chi connectivity index (χ3v) is 3.19. The molecule has 0 spiro atoms. The second-order valence-corrected chi connectivity index (χ2v) is 4.50. The first kappa shape index (κ1) is 14.0. The van der Waals surface area contributed by atoms with Gasteiger partial charge in [0.25, 0.3) is 0 Å². The van der Waals surface area contributed by atoms with Gasteiger partial charge in [0.05, 0.1) is 11.8 Å². The van der Waals surface area contributed by atoms with Crippen LogP contribution in [0.2, 0.25) is 0 Å². The summed E-state index contributed by atoms with van der Waals surface area (Å²) in [5, 5.41) is 9.04. The van der Waals surface area contributed by atoms with Crippen molar-refractivity contribution < 1.29 is 19.5 Å². The van der Waals surface area contributed by atoms with Gasteiger partial charge in [-0.3, -0.25) is 9.59 Å². The third-order valence-electron chi connectivity index (χ3n) is 3.19. The summed E-state index contributed by atoms with van der Waals surface area (Å²) in [5.74, 6) is -2.38. The number of hydrogen-bond donors (Lipinski definition) is 2. The number of carbonyl (C=O) groups excluding carboxylic acids is 1. The number of nitrogens with one attached hydrogen (secondary N) is 1. The zero-order valence-electron chi connectivity index (χ0n) is 10.3. The Bertz CT molecular complexity index is 267. The number of carboxylic acids is 1. The summed E-state index contributed by atoms with van der Waals surface area (Å²) in [5.41, 5.74) is 2.60. The van der Waals surface area contributed by atoms with E-state index in [4.69, 9.17) is 9.94 Å². The molecule has 1 fully saturated rings. The Balaban J connectivity index is 2.39. The fourth-order valence-electron chi connectivity index (χ4n) is 2.16. The van der Waals surface area contributed by atoms with Crippen LogP contribution in [0.1, 0.15) is 45.4 Å². The molecule has 0 aromatic heterocycles. The summed E-state index contributed by atoms with van der Waals surface area (Å²) in [6.07, 6.45) is 4.92. The molecule has 0 aliphatic heterocycles. The fraction of sp³-hybridized carbons (Fsp3) is 0.833. The first-order valence-electron chi connectivity index (χ1n) is 6.33. The molecule has 0 saturated heterocycles. The van der Waals surface area contributed by atoms with Crippen molar-refractivity contribution in [3.8, 4) is 0 Å². The highest BCUT2D eigenvalue weighted by Gasteiger charge is 2.36. The molecule has 0 aromatic carbocycles. The van der Waals surface area contributed by atoms with Crippen molar-refractivity contribution in [1.29, 1.82) is 0 Å². The number of rotatable bonds is 6. The van der Waals surface area contributed by atoms with E-state index in [0.29, 0.717) is 19.4 Å². The summed E-state index contributed by atoms with van der Waals surface area (Å²) < 4.78 is 0. The maximum absolute atomic E-state index is 11.7. The van der Waals surface area contributed by atoms with E-state index in [1.807, 2.05) is 6.92 Å². The van der Waals surface area contributed by atoms with Crippen LogP contribution >= 0.6 is 0 Å². The molecule has 0 aromatic rings.